The van der Waals surface area contributed by atoms with Crippen molar-refractivity contribution in [3.05, 3.63) is 47.3 Å². The van der Waals surface area contributed by atoms with E-state index in [1.807, 2.05) is 0 Å². The normalized spacial score (nSPS) is 19.2. The number of primary amides is 1. The van der Waals surface area contributed by atoms with E-state index >= 15 is 0 Å². The summed E-state index contributed by atoms with van der Waals surface area (Å²) < 4.78 is 0. The molecule has 3 N–H and O–H groups in total. The number of carbonyl (C=O) groups excluding carboxylic acids is 2. The van der Waals surface area contributed by atoms with Crippen molar-refractivity contribution >= 4 is 11.8 Å². The van der Waals surface area contributed by atoms with Gasteiger partial charge in [-0.25, -0.2) is 9.97 Å². The monoisotopic (exact) mass is 350 g/mol. The van der Waals surface area contributed by atoms with Crippen molar-refractivity contribution in [1.29, 1.82) is 0 Å². The molecule has 3 rings (SSSR count). The molecule has 1 aliphatic heterocycles. The van der Waals surface area contributed by atoms with Crippen LogP contribution in [-0.2, 0) is 4.79 Å². The van der Waals surface area contributed by atoms with Crippen LogP contribution in [0.2, 0.25) is 0 Å². The summed E-state index contributed by atoms with van der Waals surface area (Å²) in [7, 11) is 1.63. The fourth-order valence-corrected chi connectivity index (χ4v) is 2.71. The summed E-state index contributed by atoms with van der Waals surface area (Å²) in [6.07, 6.45) is 0.276. The van der Waals surface area contributed by atoms with Crippen molar-refractivity contribution in [2.45, 2.75) is 18.9 Å². The minimum Gasteiger partial charge on any atom is -0.369 e. The summed E-state index contributed by atoms with van der Waals surface area (Å²) in [5, 5.41) is 10.4. The van der Waals surface area contributed by atoms with Crippen LogP contribution in [0.5, 0.6) is 0 Å². The predicted molar refractivity (Wildman–Crippen MR) is 94.8 cm³/mol. The Kier molecular flexibility index (Phi) is 4.45. The second-order valence-electron chi connectivity index (χ2n) is 6.25. The first kappa shape index (κ1) is 17.6. The number of carbonyl (C=O) groups is 2. The molecule has 0 spiro atoms. The zero-order chi connectivity index (χ0) is 18.9. The van der Waals surface area contributed by atoms with Crippen LogP contribution in [-0.4, -0.2) is 51.0 Å². The molecule has 1 aliphatic rings. The number of likely N-dealkylation sites (N-methyl/N-ethyl adjacent to an activating group) is 1. The molecule has 1 fully saturated rings. The van der Waals surface area contributed by atoms with Gasteiger partial charge >= 0.3 is 0 Å². The molecule has 1 saturated heterocycles. The van der Waals surface area contributed by atoms with Crippen LogP contribution in [0.3, 0.4) is 0 Å². The number of nitrogens with two attached hydrogens (primary N) is 1. The Morgan fingerprint density at radius 3 is 2.77 bits per heavy atom. The van der Waals surface area contributed by atoms with Crippen molar-refractivity contribution in [3.63, 3.8) is 0 Å². The van der Waals surface area contributed by atoms with Crippen LogP contribution in [0.15, 0.2) is 30.3 Å². The number of nitrogens with zero attached hydrogens (tertiary/aromatic N) is 3. The number of aryl methyl sites for hydroxylation is 1. The molecule has 0 aliphatic carbocycles. The highest BCUT2D eigenvalue weighted by Gasteiger charge is 2.42. The molecule has 2 aromatic rings. The molecule has 0 unspecified atom stereocenters. The maximum Gasteiger partial charge on any atom is 0.267 e. The van der Waals surface area contributed by atoms with Gasteiger partial charge in [-0.05, 0) is 25.1 Å². The molecular formula is C19H18N4O3. The van der Waals surface area contributed by atoms with Crippen molar-refractivity contribution in [3.8, 4) is 23.2 Å². The highest BCUT2D eigenvalue weighted by atomic mass is 16.3. The minimum absolute atomic E-state index is 0.137. The molecule has 26 heavy (non-hydrogen) atoms. The molecule has 132 valence electrons. The van der Waals surface area contributed by atoms with Crippen molar-refractivity contribution in [2.24, 2.45) is 5.73 Å². The van der Waals surface area contributed by atoms with Crippen LogP contribution < -0.4 is 5.73 Å². The first-order chi connectivity index (χ1) is 12.3. The molecule has 0 saturated carbocycles. The van der Waals surface area contributed by atoms with E-state index in [1.165, 1.54) is 11.0 Å². The number of rotatable bonds is 2. The lowest BCUT2D eigenvalue weighted by molar-refractivity contribution is -0.137. The van der Waals surface area contributed by atoms with Gasteiger partial charge in [0.15, 0.2) is 5.82 Å². The van der Waals surface area contributed by atoms with Gasteiger partial charge in [0.25, 0.3) is 11.8 Å². The van der Waals surface area contributed by atoms with Crippen LogP contribution in [0.25, 0.3) is 11.4 Å². The number of aromatic nitrogens is 2. The Bertz CT molecular complexity index is 961. The number of hydrogen-bond acceptors (Lipinski definition) is 5. The summed E-state index contributed by atoms with van der Waals surface area (Å²) >= 11 is 0. The Hall–Kier alpha value is -3.24. The SMILES string of the molecule is Cc1cc(C(N)=O)nc(-c2cccc(C#C[C@]3(O)CCN(C)C3=O)c2)n1. The van der Waals surface area contributed by atoms with Gasteiger partial charge < -0.3 is 15.7 Å². The van der Waals surface area contributed by atoms with E-state index in [4.69, 9.17) is 5.73 Å². The lowest BCUT2D eigenvalue weighted by atomic mass is 10.0. The van der Waals surface area contributed by atoms with Gasteiger partial charge in [-0.2, -0.15) is 0 Å². The Labute approximate surface area is 150 Å². The standard InChI is InChI=1S/C19H18N4O3/c1-12-10-15(16(20)24)22-17(21-12)14-5-3-4-13(11-14)6-7-19(26)8-9-23(2)18(19)25/h3-5,10-11,26H,8-9H2,1-2H3,(H2,20,24)/t19-/m0/s1. The summed E-state index contributed by atoms with van der Waals surface area (Å²) in [4.78, 5) is 33.3. The number of benzene rings is 1. The number of likely N-dealkylation sites (tertiary alicyclic amines) is 1. The fraction of sp³-hybridized carbons (Fsp3) is 0.263. The first-order valence-electron chi connectivity index (χ1n) is 8.05. The summed E-state index contributed by atoms with van der Waals surface area (Å²) in [5.41, 5.74) is 5.67. The smallest absolute Gasteiger partial charge is 0.267 e. The molecule has 1 aromatic heterocycles. The Morgan fingerprint density at radius 1 is 1.35 bits per heavy atom. The number of hydrogen-bond donors (Lipinski definition) is 2. The summed E-state index contributed by atoms with van der Waals surface area (Å²) in [6.45, 7) is 2.22. The van der Waals surface area contributed by atoms with E-state index in [2.05, 4.69) is 21.8 Å². The average Bonchev–Trinajstić information content (AvgIpc) is 2.88. The highest BCUT2D eigenvalue weighted by molar-refractivity contribution is 5.91. The van der Waals surface area contributed by atoms with Gasteiger partial charge in [0.05, 0.1) is 0 Å². The average molecular weight is 350 g/mol. The van der Waals surface area contributed by atoms with Crippen molar-refractivity contribution < 1.29 is 14.7 Å². The summed E-state index contributed by atoms with van der Waals surface area (Å²) in [6, 6.07) is 8.57. The topological polar surface area (TPSA) is 109 Å². The van der Waals surface area contributed by atoms with E-state index in [1.54, 1.807) is 38.2 Å². The molecule has 7 nitrogen and oxygen atoms in total. The Morgan fingerprint density at radius 2 is 2.12 bits per heavy atom. The van der Waals surface area contributed by atoms with Gasteiger partial charge in [0.2, 0.25) is 5.60 Å². The number of amides is 2. The third-order valence-electron chi connectivity index (χ3n) is 4.15. The second kappa shape index (κ2) is 6.58. The molecule has 2 heterocycles. The molecular weight excluding hydrogens is 332 g/mol. The van der Waals surface area contributed by atoms with Gasteiger partial charge in [-0.3, -0.25) is 9.59 Å². The molecule has 0 bridgehead atoms. The van der Waals surface area contributed by atoms with E-state index < -0.39 is 17.4 Å². The second-order valence-corrected chi connectivity index (χ2v) is 6.25. The lowest BCUT2D eigenvalue weighted by Crippen LogP contribution is -2.37. The van der Waals surface area contributed by atoms with Gasteiger partial charge in [-0.15, -0.1) is 0 Å². The lowest BCUT2D eigenvalue weighted by Gasteiger charge is -2.13. The largest absolute Gasteiger partial charge is 0.369 e. The maximum atomic E-state index is 12.0. The zero-order valence-electron chi connectivity index (χ0n) is 14.5. The summed E-state index contributed by atoms with van der Waals surface area (Å²) in [5.74, 6) is 4.86. The van der Waals surface area contributed by atoms with E-state index in [-0.39, 0.29) is 12.1 Å². The third kappa shape index (κ3) is 3.41. The van der Waals surface area contributed by atoms with E-state index in [0.29, 0.717) is 29.2 Å². The predicted octanol–water partition coefficient (Wildman–Crippen LogP) is 0.496. The first-order valence-corrected chi connectivity index (χ1v) is 8.05. The van der Waals surface area contributed by atoms with Gasteiger partial charge in [0.1, 0.15) is 5.69 Å². The molecule has 1 aromatic carbocycles. The molecule has 1 atom stereocenters. The Balaban J connectivity index is 1.95. The maximum absolute atomic E-state index is 12.0. The molecule has 0 radical (unpaired) electrons. The van der Waals surface area contributed by atoms with Gasteiger partial charge in [-0.1, -0.05) is 24.0 Å². The van der Waals surface area contributed by atoms with Crippen LogP contribution in [0, 0.1) is 18.8 Å². The quantitative estimate of drug-likeness (QED) is 0.767. The van der Waals surface area contributed by atoms with Crippen LogP contribution >= 0.6 is 0 Å². The van der Waals surface area contributed by atoms with Gasteiger partial charge in [0, 0.05) is 36.8 Å². The van der Waals surface area contributed by atoms with E-state index in [0.717, 1.165) is 0 Å². The number of aliphatic hydroxyl groups is 1. The van der Waals surface area contributed by atoms with Crippen molar-refractivity contribution in [1.82, 2.24) is 14.9 Å². The van der Waals surface area contributed by atoms with Crippen LogP contribution in [0.4, 0.5) is 0 Å². The zero-order valence-corrected chi connectivity index (χ0v) is 14.5. The van der Waals surface area contributed by atoms with Crippen molar-refractivity contribution in [2.75, 3.05) is 13.6 Å². The fourth-order valence-electron chi connectivity index (χ4n) is 2.71. The minimum atomic E-state index is -1.65. The highest BCUT2D eigenvalue weighted by Crippen LogP contribution is 2.21. The van der Waals surface area contributed by atoms with Crippen LogP contribution in [0.1, 0.15) is 28.2 Å². The molecule has 7 heteroatoms. The molecule has 2 amide bonds. The van der Waals surface area contributed by atoms with E-state index in [9.17, 15) is 14.7 Å². The third-order valence-corrected chi connectivity index (χ3v) is 4.15.